The number of hydrogen-bond donors (Lipinski definition) is 1. The Balaban J connectivity index is 1.66. The van der Waals surface area contributed by atoms with Gasteiger partial charge < -0.3 is 15.0 Å². The second-order valence-electron chi connectivity index (χ2n) is 5.41. The molecule has 2 aliphatic rings. The summed E-state index contributed by atoms with van der Waals surface area (Å²) < 4.78 is 12.1. The first kappa shape index (κ1) is 12.3. The van der Waals surface area contributed by atoms with Gasteiger partial charge in [-0.3, -0.25) is 0 Å². The predicted molar refractivity (Wildman–Crippen MR) is 77.1 cm³/mol. The fraction of sp³-hybridized carbons (Fsp3) is 0.429. The van der Waals surface area contributed by atoms with Gasteiger partial charge in [0.15, 0.2) is 5.82 Å². The Morgan fingerprint density at radius 3 is 2.95 bits per heavy atom. The fourth-order valence-electron chi connectivity index (χ4n) is 3.11. The average Bonchev–Trinajstić information content (AvgIpc) is 3.15. The van der Waals surface area contributed by atoms with Gasteiger partial charge in [0.1, 0.15) is 0 Å². The van der Waals surface area contributed by atoms with Crippen molar-refractivity contribution in [3.63, 3.8) is 0 Å². The van der Waals surface area contributed by atoms with Crippen LogP contribution in [-0.2, 0) is 4.74 Å². The maximum absolute atomic E-state index is 5.85. The van der Waals surface area contributed by atoms with Crippen LogP contribution in [-0.4, -0.2) is 22.3 Å². The highest BCUT2D eigenvalue weighted by molar-refractivity contribution is 9.10. The molecule has 5 nitrogen and oxygen atoms in total. The molecule has 2 N–H and O–H groups in total. The predicted octanol–water partition coefficient (Wildman–Crippen LogP) is 3.12. The number of benzene rings is 1. The Labute approximate surface area is 124 Å². The first-order valence-electron chi connectivity index (χ1n) is 6.75. The number of nitrogen functional groups attached to an aromatic ring is 1. The molecule has 4 rings (SSSR count). The van der Waals surface area contributed by atoms with Gasteiger partial charge in [0, 0.05) is 10.2 Å². The lowest BCUT2D eigenvalue weighted by molar-refractivity contribution is 0.0996. The lowest BCUT2D eigenvalue weighted by Crippen LogP contribution is -2.15. The molecule has 0 saturated carbocycles. The standard InChI is InChI=1S/C14H14BrN3O2/c15-11-3-1-7(16)5-9(11)14-17-13(18-20-14)10-6-8-2-4-12(10)19-8/h1,3,5,8,10,12H,2,4,6,16H2. The highest BCUT2D eigenvalue weighted by Gasteiger charge is 2.43. The Morgan fingerprint density at radius 2 is 2.20 bits per heavy atom. The van der Waals surface area contributed by atoms with E-state index in [4.69, 9.17) is 15.0 Å². The highest BCUT2D eigenvalue weighted by Crippen LogP contribution is 2.44. The van der Waals surface area contributed by atoms with E-state index < -0.39 is 0 Å². The van der Waals surface area contributed by atoms with Crippen LogP contribution in [0.15, 0.2) is 27.2 Å². The quantitative estimate of drug-likeness (QED) is 0.853. The molecule has 2 aliphatic heterocycles. The summed E-state index contributed by atoms with van der Waals surface area (Å²) in [5.74, 6) is 1.52. The molecule has 0 amide bonds. The third kappa shape index (κ3) is 1.94. The van der Waals surface area contributed by atoms with Crippen molar-refractivity contribution in [1.82, 2.24) is 10.1 Å². The van der Waals surface area contributed by atoms with Crippen molar-refractivity contribution >= 4 is 21.6 Å². The third-order valence-electron chi connectivity index (χ3n) is 4.10. The lowest BCUT2D eigenvalue weighted by atomic mass is 9.89. The van der Waals surface area contributed by atoms with Crippen LogP contribution >= 0.6 is 15.9 Å². The maximum Gasteiger partial charge on any atom is 0.259 e. The first-order valence-corrected chi connectivity index (χ1v) is 7.54. The van der Waals surface area contributed by atoms with Crippen LogP contribution in [0.1, 0.15) is 31.0 Å². The Hall–Kier alpha value is -1.40. The number of ether oxygens (including phenoxy) is 1. The van der Waals surface area contributed by atoms with Gasteiger partial charge in [-0.25, -0.2) is 0 Å². The number of rotatable bonds is 2. The molecule has 1 aromatic heterocycles. The number of halogens is 1. The summed E-state index contributed by atoms with van der Waals surface area (Å²) in [6, 6.07) is 5.54. The van der Waals surface area contributed by atoms with Gasteiger partial charge in [0.25, 0.3) is 5.89 Å². The first-order chi connectivity index (χ1) is 9.70. The zero-order valence-corrected chi connectivity index (χ0v) is 12.3. The molecule has 0 aliphatic carbocycles. The molecule has 20 heavy (non-hydrogen) atoms. The molecule has 3 atom stereocenters. The maximum atomic E-state index is 5.85. The molecule has 1 aromatic carbocycles. The number of nitrogens with zero attached hydrogens (tertiary/aromatic N) is 2. The average molecular weight is 336 g/mol. The minimum atomic E-state index is 0.259. The Bertz CT molecular complexity index is 658. The number of fused-ring (bicyclic) bond motifs is 2. The van der Waals surface area contributed by atoms with Crippen molar-refractivity contribution in [2.45, 2.75) is 37.4 Å². The van der Waals surface area contributed by atoms with E-state index in [1.165, 1.54) is 0 Å². The van der Waals surface area contributed by atoms with Crippen LogP contribution in [0.2, 0.25) is 0 Å². The van der Waals surface area contributed by atoms with Gasteiger partial charge in [-0.05, 0) is 53.4 Å². The topological polar surface area (TPSA) is 74.2 Å². The van der Waals surface area contributed by atoms with Gasteiger partial charge in [-0.1, -0.05) is 5.16 Å². The van der Waals surface area contributed by atoms with Gasteiger partial charge in [-0.2, -0.15) is 4.98 Å². The lowest BCUT2D eigenvalue weighted by Gasteiger charge is -2.13. The van der Waals surface area contributed by atoms with Gasteiger partial charge in [-0.15, -0.1) is 0 Å². The summed E-state index contributed by atoms with van der Waals surface area (Å²) in [4.78, 5) is 4.54. The summed E-state index contributed by atoms with van der Waals surface area (Å²) >= 11 is 3.48. The van der Waals surface area contributed by atoms with Crippen LogP contribution in [0.3, 0.4) is 0 Å². The molecular formula is C14H14BrN3O2. The molecule has 2 bridgehead atoms. The molecule has 0 radical (unpaired) electrons. The number of nitrogens with two attached hydrogens (primary N) is 1. The summed E-state index contributed by atoms with van der Waals surface area (Å²) in [7, 11) is 0. The van der Waals surface area contributed by atoms with E-state index in [9.17, 15) is 0 Å². The monoisotopic (exact) mass is 335 g/mol. The zero-order chi connectivity index (χ0) is 13.7. The van der Waals surface area contributed by atoms with E-state index in [2.05, 4.69) is 26.1 Å². The minimum Gasteiger partial charge on any atom is -0.399 e. The highest BCUT2D eigenvalue weighted by atomic mass is 79.9. The third-order valence-corrected chi connectivity index (χ3v) is 4.79. The summed E-state index contributed by atoms with van der Waals surface area (Å²) in [5.41, 5.74) is 7.31. The van der Waals surface area contributed by atoms with Crippen molar-refractivity contribution in [2.24, 2.45) is 0 Å². The van der Waals surface area contributed by atoms with Crippen molar-refractivity contribution in [3.8, 4) is 11.5 Å². The van der Waals surface area contributed by atoms with E-state index >= 15 is 0 Å². The van der Waals surface area contributed by atoms with Gasteiger partial charge >= 0.3 is 0 Å². The van der Waals surface area contributed by atoms with Crippen LogP contribution in [0, 0.1) is 0 Å². The Morgan fingerprint density at radius 1 is 1.30 bits per heavy atom. The van der Waals surface area contributed by atoms with E-state index in [1.54, 1.807) is 0 Å². The van der Waals surface area contributed by atoms with E-state index in [0.29, 0.717) is 17.7 Å². The SMILES string of the molecule is Nc1ccc(Br)c(-c2nc(C3CC4CCC3O4)no2)c1. The van der Waals surface area contributed by atoms with E-state index in [1.807, 2.05) is 18.2 Å². The van der Waals surface area contributed by atoms with Crippen LogP contribution in [0.4, 0.5) is 5.69 Å². The second kappa shape index (κ2) is 4.56. The second-order valence-corrected chi connectivity index (χ2v) is 6.27. The fourth-order valence-corrected chi connectivity index (χ4v) is 3.53. The molecule has 2 fully saturated rings. The summed E-state index contributed by atoms with van der Waals surface area (Å²) in [6.45, 7) is 0. The molecule has 2 aromatic rings. The van der Waals surface area contributed by atoms with E-state index in [0.717, 1.165) is 35.1 Å². The van der Waals surface area contributed by atoms with Crippen LogP contribution in [0.5, 0.6) is 0 Å². The van der Waals surface area contributed by atoms with Crippen LogP contribution < -0.4 is 5.73 Å². The minimum absolute atomic E-state index is 0.259. The zero-order valence-electron chi connectivity index (χ0n) is 10.8. The van der Waals surface area contributed by atoms with Crippen LogP contribution in [0.25, 0.3) is 11.5 Å². The van der Waals surface area contributed by atoms with Crippen molar-refractivity contribution in [3.05, 3.63) is 28.5 Å². The molecular weight excluding hydrogens is 322 g/mol. The number of anilines is 1. The molecule has 104 valence electrons. The largest absolute Gasteiger partial charge is 0.399 e. The number of hydrogen-bond acceptors (Lipinski definition) is 5. The van der Waals surface area contributed by atoms with Crippen molar-refractivity contribution in [2.75, 3.05) is 5.73 Å². The Kier molecular flexibility index (Phi) is 2.82. The van der Waals surface area contributed by atoms with Gasteiger partial charge in [0.05, 0.1) is 23.7 Å². The molecule has 6 heteroatoms. The van der Waals surface area contributed by atoms with Gasteiger partial charge in [0.2, 0.25) is 0 Å². The normalized spacial score (nSPS) is 28.1. The molecule has 3 unspecified atom stereocenters. The molecule has 2 saturated heterocycles. The summed E-state index contributed by atoms with van der Waals surface area (Å²) in [5, 5.41) is 4.14. The summed E-state index contributed by atoms with van der Waals surface area (Å²) in [6.07, 6.45) is 3.90. The smallest absolute Gasteiger partial charge is 0.259 e. The van der Waals surface area contributed by atoms with Crippen molar-refractivity contribution in [1.29, 1.82) is 0 Å². The van der Waals surface area contributed by atoms with Crippen molar-refractivity contribution < 1.29 is 9.26 Å². The molecule has 0 spiro atoms. The van der Waals surface area contributed by atoms with E-state index in [-0.39, 0.29) is 12.0 Å². The number of aromatic nitrogens is 2. The molecule has 3 heterocycles.